The van der Waals surface area contributed by atoms with Crippen molar-refractivity contribution < 1.29 is 27.4 Å². The van der Waals surface area contributed by atoms with Gasteiger partial charge in [0.15, 0.2) is 11.5 Å². The Morgan fingerprint density at radius 1 is 1.00 bits per heavy atom. The van der Waals surface area contributed by atoms with Crippen molar-refractivity contribution in [2.45, 2.75) is 11.8 Å². The fraction of sp³-hybridized carbons (Fsp3) is 0.278. The first-order chi connectivity index (χ1) is 12.3. The lowest BCUT2D eigenvalue weighted by Crippen LogP contribution is -2.27. The van der Waals surface area contributed by atoms with Crippen LogP contribution in [0.1, 0.15) is 15.9 Å². The molecule has 0 aliphatic carbocycles. The van der Waals surface area contributed by atoms with Gasteiger partial charge in [-0.3, -0.25) is 4.31 Å². The third kappa shape index (κ3) is 3.45. The van der Waals surface area contributed by atoms with Gasteiger partial charge in [0.1, 0.15) is 0 Å². The number of nitrogens with zero attached hydrogens (tertiary/aromatic N) is 1. The van der Waals surface area contributed by atoms with E-state index in [1.807, 2.05) is 0 Å². The molecule has 7 nitrogen and oxygen atoms in total. The molecule has 0 spiro atoms. The van der Waals surface area contributed by atoms with Gasteiger partial charge in [-0.1, -0.05) is 6.07 Å². The Labute approximate surface area is 153 Å². The number of rotatable bonds is 6. The fourth-order valence-electron chi connectivity index (χ4n) is 2.56. The second kappa shape index (κ2) is 7.65. The van der Waals surface area contributed by atoms with Crippen LogP contribution in [0.5, 0.6) is 11.5 Å². The molecule has 0 bridgehead atoms. The molecule has 8 heteroatoms. The van der Waals surface area contributed by atoms with Gasteiger partial charge in [-0.2, -0.15) is 0 Å². The molecule has 0 atom stereocenters. The molecular formula is C18H21NO6S. The first kappa shape index (κ1) is 19.6. The van der Waals surface area contributed by atoms with Gasteiger partial charge in [-0.05, 0) is 36.8 Å². The topological polar surface area (TPSA) is 82.1 Å². The maximum Gasteiger partial charge on any atom is 0.338 e. The third-order valence-corrected chi connectivity index (χ3v) is 5.83. The number of methoxy groups -OCH3 is 3. The van der Waals surface area contributed by atoms with E-state index in [4.69, 9.17) is 14.2 Å². The van der Waals surface area contributed by atoms with E-state index in [0.717, 1.165) is 4.31 Å². The fourth-order valence-corrected chi connectivity index (χ4v) is 3.83. The Kier molecular flexibility index (Phi) is 5.76. The Morgan fingerprint density at radius 3 is 2.23 bits per heavy atom. The number of benzene rings is 2. The van der Waals surface area contributed by atoms with E-state index in [1.165, 1.54) is 46.6 Å². The van der Waals surface area contributed by atoms with Crippen LogP contribution in [0.4, 0.5) is 5.69 Å². The minimum absolute atomic E-state index is 0.0421. The standard InChI is InChI=1S/C18H21NO6S/c1-12-14(18(20)25-5)7-6-8-15(12)19(2)26(21,22)13-9-10-16(23-3)17(11-13)24-4/h6-11H,1-5H3. The van der Waals surface area contributed by atoms with Crippen molar-refractivity contribution in [1.82, 2.24) is 0 Å². The van der Waals surface area contributed by atoms with Crippen molar-refractivity contribution >= 4 is 21.7 Å². The Hall–Kier alpha value is -2.74. The van der Waals surface area contributed by atoms with E-state index in [-0.39, 0.29) is 4.90 Å². The molecule has 0 aliphatic rings. The highest BCUT2D eigenvalue weighted by atomic mass is 32.2. The predicted octanol–water partition coefficient (Wildman–Crippen LogP) is 2.62. The summed E-state index contributed by atoms with van der Waals surface area (Å²) >= 11 is 0. The SMILES string of the molecule is COC(=O)c1cccc(N(C)S(=O)(=O)c2ccc(OC)c(OC)c2)c1C. The molecule has 140 valence electrons. The van der Waals surface area contributed by atoms with Crippen LogP contribution in [0.2, 0.25) is 0 Å². The summed E-state index contributed by atoms with van der Waals surface area (Å²) in [6.45, 7) is 1.67. The van der Waals surface area contributed by atoms with Crippen molar-refractivity contribution in [2.75, 3.05) is 32.7 Å². The molecule has 2 aromatic carbocycles. The number of sulfonamides is 1. The Bertz CT molecular complexity index is 923. The molecule has 2 rings (SSSR count). The number of carbonyl (C=O) groups excluding carboxylic acids is 1. The average Bonchev–Trinajstić information content (AvgIpc) is 2.66. The number of hydrogen-bond acceptors (Lipinski definition) is 6. The number of carbonyl (C=O) groups is 1. The van der Waals surface area contributed by atoms with Crippen molar-refractivity contribution in [1.29, 1.82) is 0 Å². The molecule has 0 unspecified atom stereocenters. The number of esters is 1. The van der Waals surface area contributed by atoms with Gasteiger partial charge in [-0.25, -0.2) is 13.2 Å². The zero-order valence-electron chi connectivity index (χ0n) is 15.3. The van der Waals surface area contributed by atoms with E-state index in [9.17, 15) is 13.2 Å². The average molecular weight is 379 g/mol. The predicted molar refractivity (Wildman–Crippen MR) is 97.7 cm³/mol. The minimum Gasteiger partial charge on any atom is -0.493 e. The van der Waals surface area contributed by atoms with Crippen LogP contribution in [-0.4, -0.2) is 42.8 Å². The summed E-state index contributed by atoms with van der Waals surface area (Å²) in [5.74, 6) is 0.209. The summed E-state index contributed by atoms with van der Waals surface area (Å²) in [6.07, 6.45) is 0. The molecule has 0 heterocycles. The van der Waals surface area contributed by atoms with Crippen LogP contribution >= 0.6 is 0 Å². The molecule has 0 aromatic heterocycles. The summed E-state index contributed by atoms with van der Waals surface area (Å²) in [5.41, 5.74) is 1.19. The Morgan fingerprint density at radius 2 is 1.65 bits per heavy atom. The molecule has 0 saturated carbocycles. The maximum atomic E-state index is 13.0. The molecule has 0 saturated heterocycles. The molecule has 0 amide bonds. The molecule has 0 aliphatic heterocycles. The second-order valence-electron chi connectivity index (χ2n) is 5.43. The van der Waals surface area contributed by atoms with E-state index in [1.54, 1.807) is 25.1 Å². The van der Waals surface area contributed by atoms with E-state index >= 15 is 0 Å². The smallest absolute Gasteiger partial charge is 0.338 e. The second-order valence-corrected chi connectivity index (χ2v) is 7.40. The van der Waals surface area contributed by atoms with E-state index in [0.29, 0.717) is 28.3 Å². The Balaban J connectivity index is 2.52. The van der Waals surface area contributed by atoms with Crippen molar-refractivity contribution in [2.24, 2.45) is 0 Å². The van der Waals surface area contributed by atoms with Crippen molar-refractivity contribution in [3.8, 4) is 11.5 Å². The molecule has 2 aromatic rings. The lowest BCUT2D eigenvalue weighted by atomic mass is 10.1. The molecular weight excluding hydrogens is 358 g/mol. The molecule has 0 N–H and O–H groups in total. The lowest BCUT2D eigenvalue weighted by Gasteiger charge is -2.23. The number of hydrogen-bond donors (Lipinski definition) is 0. The number of anilines is 1. The summed E-state index contributed by atoms with van der Waals surface area (Å²) in [6, 6.07) is 9.17. The number of ether oxygens (including phenoxy) is 3. The van der Waals surface area contributed by atoms with Gasteiger partial charge < -0.3 is 14.2 Å². The highest BCUT2D eigenvalue weighted by Crippen LogP contribution is 2.33. The summed E-state index contributed by atoms with van der Waals surface area (Å²) in [7, 11) is 1.73. The summed E-state index contributed by atoms with van der Waals surface area (Å²) in [4.78, 5) is 11.9. The van der Waals surface area contributed by atoms with Gasteiger partial charge in [0.25, 0.3) is 10.0 Å². The minimum atomic E-state index is -3.88. The summed E-state index contributed by atoms with van der Waals surface area (Å²) in [5, 5.41) is 0. The highest BCUT2D eigenvalue weighted by Gasteiger charge is 2.25. The van der Waals surface area contributed by atoms with Crippen LogP contribution in [-0.2, 0) is 14.8 Å². The lowest BCUT2D eigenvalue weighted by molar-refractivity contribution is 0.0600. The van der Waals surface area contributed by atoms with Gasteiger partial charge in [-0.15, -0.1) is 0 Å². The summed E-state index contributed by atoms with van der Waals surface area (Å²) < 4.78 is 42.2. The van der Waals surface area contributed by atoms with Crippen LogP contribution in [0.25, 0.3) is 0 Å². The molecule has 0 fully saturated rings. The molecule has 0 radical (unpaired) electrons. The zero-order valence-corrected chi connectivity index (χ0v) is 16.1. The van der Waals surface area contributed by atoms with Crippen LogP contribution in [0.3, 0.4) is 0 Å². The van der Waals surface area contributed by atoms with Crippen molar-refractivity contribution in [3.05, 3.63) is 47.5 Å². The monoisotopic (exact) mass is 379 g/mol. The van der Waals surface area contributed by atoms with E-state index < -0.39 is 16.0 Å². The first-order valence-electron chi connectivity index (χ1n) is 7.66. The van der Waals surface area contributed by atoms with Crippen molar-refractivity contribution in [3.63, 3.8) is 0 Å². The first-order valence-corrected chi connectivity index (χ1v) is 9.10. The van der Waals surface area contributed by atoms with Crippen LogP contribution < -0.4 is 13.8 Å². The highest BCUT2D eigenvalue weighted by molar-refractivity contribution is 7.92. The van der Waals surface area contributed by atoms with Gasteiger partial charge in [0.2, 0.25) is 0 Å². The van der Waals surface area contributed by atoms with Crippen LogP contribution in [0.15, 0.2) is 41.3 Å². The zero-order chi connectivity index (χ0) is 19.5. The third-order valence-electron chi connectivity index (χ3n) is 4.06. The van der Waals surface area contributed by atoms with Gasteiger partial charge in [0, 0.05) is 13.1 Å². The molecule has 26 heavy (non-hydrogen) atoms. The van der Waals surface area contributed by atoms with Gasteiger partial charge >= 0.3 is 5.97 Å². The van der Waals surface area contributed by atoms with E-state index in [2.05, 4.69) is 0 Å². The van der Waals surface area contributed by atoms with Crippen LogP contribution in [0, 0.1) is 6.92 Å². The van der Waals surface area contributed by atoms with Gasteiger partial charge in [0.05, 0.1) is 37.5 Å². The normalized spacial score (nSPS) is 11.0. The quantitative estimate of drug-likeness (QED) is 0.718. The maximum absolute atomic E-state index is 13.0. The largest absolute Gasteiger partial charge is 0.493 e.